The molecule has 0 aliphatic heterocycles. The number of rotatable bonds is 12. The molecular weight excluding hydrogens is 364 g/mol. The average molecular weight is 400 g/mol. The number of nitrogens with zero attached hydrogens (tertiary/aromatic N) is 2. The van der Waals surface area contributed by atoms with E-state index in [1.807, 2.05) is 0 Å². The zero-order valence-electron chi connectivity index (χ0n) is 16.3. The highest BCUT2D eigenvalue weighted by Gasteiger charge is 2.01. The van der Waals surface area contributed by atoms with Crippen molar-refractivity contribution in [2.75, 3.05) is 78.9 Å². The molecule has 11 heteroatoms. The van der Waals surface area contributed by atoms with Gasteiger partial charge in [0.15, 0.2) is 0 Å². The topological polar surface area (TPSA) is 171 Å². The molecule has 0 aromatic heterocycles. The lowest BCUT2D eigenvalue weighted by atomic mass is 10.4. The fraction of sp³-hybridized carbons (Fsp3) is 0.875. The van der Waals surface area contributed by atoms with Crippen molar-refractivity contribution in [3.05, 3.63) is 0 Å². The molecule has 11 nitrogen and oxygen atoms in total. The summed E-state index contributed by atoms with van der Waals surface area (Å²) in [4.78, 5) is 23.2. The summed E-state index contributed by atoms with van der Waals surface area (Å²) in [6.45, 7) is 5.87. The van der Waals surface area contributed by atoms with Crippen molar-refractivity contribution in [2.45, 2.75) is 13.8 Å². The fourth-order valence-electron chi connectivity index (χ4n) is 1.72. The Morgan fingerprint density at radius 1 is 0.556 bits per heavy atom. The SMILES string of the molecule is CC(=O)OC(C)=O.OCCN(CCO)CCO.OCCN(CCO)CCO. The summed E-state index contributed by atoms with van der Waals surface area (Å²) < 4.78 is 3.97. The molecule has 0 saturated heterocycles. The molecule has 0 aliphatic rings. The Labute approximate surface area is 160 Å². The van der Waals surface area contributed by atoms with Crippen molar-refractivity contribution in [1.29, 1.82) is 0 Å². The summed E-state index contributed by atoms with van der Waals surface area (Å²) in [6, 6.07) is 0. The Balaban J connectivity index is -0.000000326. The Morgan fingerprint density at radius 3 is 0.815 bits per heavy atom. The van der Waals surface area contributed by atoms with Crippen molar-refractivity contribution in [3.8, 4) is 0 Å². The maximum Gasteiger partial charge on any atom is 0.310 e. The monoisotopic (exact) mass is 400 g/mol. The lowest BCUT2D eigenvalue weighted by Gasteiger charge is -2.17. The minimum atomic E-state index is -0.562. The molecule has 0 bridgehead atoms. The highest BCUT2D eigenvalue weighted by Crippen LogP contribution is 1.85. The van der Waals surface area contributed by atoms with E-state index >= 15 is 0 Å². The van der Waals surface area contributed by atoms with E-state index in [1.165, 1.54) is 13.8 Å². The van der Waals surface area contributed by atoms with Crippen LogP contribution in [0, 0.1) is 0 Å². The molecule has 0 rings (SSSR count). The van der Waals surface area contributed by atoms with Crippen LogP contribution in [0.2, 0.25) is 0 Å². The second-order valence-corrected chi connectivity index (χ2v) is 5.11. The third-order valence-electron chi connectivity index (χ3n) is 2.78. The summed E-state index contributed by atoms with van der Waals surface area (Å²) in [7, 11) is 0. The van der Waals surface area contributed by atoms with E-state index in [0.717, 1.165) is 0 Å². The van der Waals surface area contributed by atoms with Crippen LogP contribution in [0.3, 0.4) is 0 Å². The van der Waals surface area contributed by atoms with Crippen molar-refractivity contribution in [2.24, 2.45) is 0 Å². The second-order valence-electron chi connectivity index (χ2n) is 5.11. The fourth-order valence-corrected chi connectivity index (χ4v) is 1.72. The predicted octanol–water partition coefficient (Wildman–Crippen LogP) is -3.37. The van der Waals surface area contributed by atoms with Crippen LogP contribution in [0.25, 0.3) is 0 Å². The van der Waals surface area contributed by atoms with Gasteiger partial charge in [-0.05, 0) is 0 Å². The number of hydrogen-bond donors (Lipinski definition) is 6. The number of ether oxygens (including phenoxy) is 1. The first-order chi connectivity index (χ1) is 12.8. The molecule has 0 aromatic rings. The molecule has 0 saturated carbocycles. The Kier molecular flexibility index (Phi) is 28.1. The normalized spacial score (nSPS) is 10.0. The van der Waals surface area contributed by atoms with Gasteiger partial charge in [-0.25, -0.2) is 0 Å². The van der Waals surface area contributed by atoms with E-state index in [2.05, 4.69) is 4.74 Å². The van der Waals surface area contributed by atoms with Crippen LogP contribution in [0.5, 0.6) is 0 Å². The van der Waals surface area contributed by atoms with Gasteiger partial charge in [0.25, 0.3) is 0 Å². The molecule has 0 spiro atoms. The van der Waals surface area contributed by atoms with E-state index in [9.17, 15) is 9.59 Å². The van der Waals surface area contributed by atoms with Crippen LogP contribution in [0.4, 0.5) is 0 Å². The Morgan fingerprint density at radius 2 is 0.741 bits per heavy atom. The number of esters is 2. The predicted molar refractivity (Wildman–Crippen MR) is 97.8 cm³/mol. The Bertz CT molecular complexity index is 274. The molecule has 0 aromatic carbocycles. The molecule has 0 atom stereocenters. The van der Waals surface area contributed by atoms with Crippen molar-refractivity contribution < 1.29 is 45.0 Å². The van der Waals surface area contributed by atoms with Gasteiger partial charge in [0.1, 0.15) is 0 Å². The van der Waals surface area contributed by atoms with Crippen LogP contribution in [-0.2, 0) is 14.3 Å². The zero-order valence-corrected chi connectivity index (χ0v) is 16.3. The summed E-state index contributed by atoms with van der Waals surface area (Å²) in [5, 5.41) is 50.9. The van der Waals surface area contributed by atoms with Gasteiger partial charge >= 0.3 is 11.9 Å². The molecule has 0 unspecified atom stereocenters. The highest BCUT2D eigenvalue weighted by atomic mass is 16.6. The number of carbonyl (C=O) groups is 2. The standard InChI is InChI=1S/2C6H15NO3.C4H6O3/c2*8-4-1-7(2-5-9)3-6-10;1-3(5)7-4(2)6/h2*8-10H,1-6H2;1-2H3. The minimum absolute atomic E-state index is 0.0694. The number of aliphatic hydroxyl groups is 6. The van der Waals surface area contributed by atoms with Crippen LogP contribution in [0.15, 0.2) is 0 Å². The summed E-state index contributed by atoms with van der Waals surface area (Å²) in [5.41, 5.74) is 0. The van der Waals surface area contributed by atoms with E-state index < -0.39 is 11.9 Å². The van der Waals surface area contributed by atoms with Crippen LogP contribution < -0.4 is 0 Å². The molecular formula is C16H36N2O9. The van der Waals surface area contributed by atoms with Gasteiger partial charge in [0, 0.05) is 53.1 Å². The van der Waals surface area contributed by atoms with Crippen LogP contribution in [0.1, 0.15) is 13.8 Å². The van der Waals surface area contributed by atoms with Crippen LogP contribution in [-0.4, -0.2) is 131 Å². The third-order valence-corrected chi connectivity index (χ3v) is 2.78. The first kappa shape index (κ1) is 30.5. The molecule has 27 heavy (non-hydrogen) atoms. The third kappa shape index (κ3) is 29.8. The van der Waals surface area contributed by atoms with E-state index in [-0.39, 0.29) is 39.6 Å². The van der Waals surface area contributed by atoms with Crippen LogP contribution >= 0.6 is 0 Å². The first-order valence-corrected chi connectivity index (χ1v) is 8.61. The van der Waals surface area contributed by atoms with Gasteiger partial charge in [-0.1, -0.05) is 0 Å². The van der Waals surface area contributed by atoms with Crippen molar-refractivity contribution in [1.82, 2.24) is 9.80 Å². The molecule has 0 radical (unpaired) electrons. The second kappa shape index (κ2) is 24.8. The van der Waals surface area contributed by atoms with Gasteiger partial charge in [-0.2, -0.15) is 0 Å². The molecule has 6 N–H and O–H groups in total. The van der Waals surface area contributed by atoms with Crippen molar-refractivity contribution >= 4 is 11.9 Å². The maximum absolute atomic E-state index is 9.81. The smallest absolute Gasteiger partial charge is 0.310 e. The average Bonchev–Trinajstić information content (AvgIpc) is 2.56. The van der Waals surface area contributed by atoms with Gasteiger partial charge in [0.05, 0.1) is 39.6 Å². The van der Waals surface area contributed by atoms with Gasteiger partial charge in [-0.3, -0.25) is 19.4 Å². The number of hydrogen-bond acceptors (Lipinski definition) is 11. The largest absolute Gasteiger partial charge is 0.395 e. The maximum atomic E-state index is 9.81. The molecule has 0 aliphatic carbocycles. The van der Waals surface area contributed by atoms with Gasteiger partial charge in [0.2, 0.25) is 0 Å². The van der Waals surface area contributed by atoms with Crippen molar-refractivity contribution in [3.63, 3.8) is 0 Å². The molecule has 0 amide bonds. The van der Waals surface area contributed by atoms with E-state index in [4.69, 9.17) is 30.6 Å². The quantitative estimate of drug-likeness (QED) is 0.143. The molecule has 164 valence electrons. The van der Waals surface area contributed by atoms with E-state index in [1.54, 1.807) is 9.80 Å². The summed E-state index contributed by atoms with van der Waals surface area (Å²) in [6.07, 6.45) is 0. The zero-order chi connectivity index (χ0) is 21.5. The van der Waals surface area contributed by atoms with Gasteiger partial charge < -0.3 is 35.4 Å². The van der Waals surface area contributed by atoms with Gasteiger partial charge in [-0.15, -0.1) is 0 Å². The minimum Gasteiger partial charge on any atom is -0.395 e. The Hall–Kier alpha value is -1.18. The molecule has 0 fully saturated rings. The summed E-state index contributed by atoms with van der Waals surface area (Å²) >= 11 is 0. The number of carbonyl (C=O) groups excluding carboxylic acids is 2. The lowest BCUT2D eigenvalue weighted by molar-refractivity contribution is -0.156. The highest BCUT2D eigenvalue weighted by molar-refractivity contribution is 5.82. The number of aliphatic hydroxyl groups excluding tert-OH is 6. The first-order valence-electron chi connectivity index (χ1n) is 8.61. The molecule has 0 heterocycles. The lowest BCUT2D eigenvalue weighted by Crippen LogP contribution is -2.32. The summed E-state index contributed by atoms with van der Waals surface area (Å²) in [5.74, 6) is -1.12. The van der Waals surface area contributed by atoms with E-state index in [0.29, 0.717) is 39.3 Å².